The minimum absolute atomic E-state index is 0.0676. The molecule has 2 N–H and O–H groups in total. The van der Waals surface area contributed by atoms with Gasteiger partial charge >= 0.3 is 12.5 Å². The summed E-state index contributed by atoms with van der Waals surface area (Å²) in [6.45, 7) is 0. The number of hydrogen-bond donors (Lipinski definition) is 2. The molecule has 1 heterocycles. The molecule has 0 spiro atoms. The summed E-state index contributed by atoms with van der Waals surface area (Å²) in [4.78, 5) is 16.6. The maximum absolute atomic E-state index is 12.6. The first-order valence-electron chi connectivity index (χ1n) is 8.58. The van der Waals surface area contributed by atoms with Crippen LogP contribution in [0.3, 0.4) is 0 Å². The van der Waals surface area contributed by atoms with Gasteiger partial charge in [-0.3, -0.25) is 4.79 Å². The second kappa shape index (κ2) is 8.54. The second-order valence-corrected chi connectivity index (χ2v) is 6.13. The SMILES string of the molecule is O=C(Nc1ccc(C(F)(F)F)cc1)c1cccnc1Nc1ccc(OC(F)(F)F)cc1. The van der Waals surface area contributed by atoms with Crippen LogP contribution < -0.4 is 15.4 Å². The smallest absolute Gasteiger partial charge is 0.406 e. The number of nitrogens with zero attached hydrogens (tertiary/aromatic N) is 1. The van der Waals surface area contributed by atoms with E-state index in [1.54, 1.807) is 0 Å². The van der Waals surface area contributed by atoms with Gasteiger partial charge in [-0.05, 0) is 60.7 Å². The number of halogens is 6. The summed E-state index contributed by atoms with van der Waals surface area (Å²) in [5.74, 6) is -0.969. The lowest BCUT2D eigenvalue weighted by Crippen LogP contribution is -2.17. The molecule has 0 saturated carbocycles. The number of alkyl halides is 6. The van der Waals surface area contributed by atoms with E-state index in [1.807, 2.05) is 0 Å². The first-order chi connectivity index (χ1) is 14.5. The molecule has 0 aliphatic carbocycles. The molecule has 11 heteroatoms. The molecule has 3 rings (SSSR count). The fourth-order valence-corrected chi connectivity index (χ4v) is 2.51. The average Bonchev–Trinajstić information content (AvgIpc) is 2.68. The zero-order valence-corrected chi connectivity index (χ0v) is 15.4. The molecule has 0 bridgehead atoms. The van der Waals surface area contributed by atoms with E-state index in [9.17, 15) is 31.1 Å². The lowest BCUT2D eigenvalue weighted by Gasteiger charge is -2.13. The van der Waals surface area contributed by atoms with Gasteiger partial charge in [-0.15, -0.1) is 13.2 Å². The van der Waals surface area contributed by atoms with Crippen LogP contribution in [0.2, 0.25) is 0 Å². The van der Waals surface area contributed by atoms with E-state index in [1.165, 1.54) is 30.5 Å². The number of nitrogens with one attached hydrogen (secondary N) is 2. The van der Waals surface area contributed by atoms with Crippen molar-refractivity contribution in [2.75, 3.05) is 10.6 Å². The van der Waals surface area contributed by atoms with E-state index in [4.69, 9.17) is 0 Å². The van der Waals surface area contributed by atoms with Gasteiger partial charge in [-0.25, -0.2) is 4.98 Å². The van der Waals surface area contributed by atoms with E-state index in [2.05, 4.69) is 20.4 Å². The molecule has 2 aromatic carbocycles. The predicted octanol–water partition coefficient (Wildman–Crippen LogP) is 5.99. The van der Waals surface area contributed by atoms with Crippen LogP contribution >= 0.6 is 0 Å². The quantitative estimate of drug-likeness (QED) is 0.477. The molecule has 0 aliphatic rings. The Balaban J connectivity index is 1.73. The fraction of sp³-hybridized carbons (Fsp3) is 0.100. The highest BCUT2D eigenvalue weighted by Gasteiger charge is 2.31. The fourth-order valence-electron chi connectivity index (χ4n) is 2.51. The van der Waals surface area contributed by atoms with Crippen LogP contribution in [0.25, 0.3) is 0 Å². The van der Waals surface area contributed by atoms with Gasteiger partial charge in [0.1, 0.15) is 11.6 Å². The molecule has 0 atom stereocenters. The van der Waals surface area contributed by atoms with Gasteiger partial charge in [0, 0.05) is 17.6 Å². The normalized spacial score (nSPS) is 11.7. The molecule has 0 radical (unpaired) electrons. The molecule has 0 aliphatic heterocycles. The Kier molecular flexibility index (Phi) is 6.04. The topological polar surface area (TPSA) is 63.2 Å². The van der Waals surface area contributed by atoms with Gasteiger partial charge in [0.15, 0.2) is 0 Å². The monoisotopic (exact) mass is 441 g/mol. The van der Waals surface area contributed by atoms with Crippen molar-refractivity contribution in [2.24, 2.45) is 0 Å². The van der Waals surface area contributed by atoms with Crippen LogP contribution in [0.5, 0.6) is 5.75 Å². The van der Waals surface area contributed by atoms with Crippen molar-refractivity contribution in [1.82, 2.24) is 4.98 Å². The first-order valence-corrected chi connectivity index (χ1v) is 8.58. The van der Waals surface area contributed by atoms with E-state index < -0.39 is 29.8 Å². The molecular weight excluding hydrogens is 428 g/mol. The number of hydrogen-bond acceptors (Lipinski definition) is 4. The summed E-state index contributed by atoms with van der Waals surface area (Å²) in [6, 6.07) is 11.6. The summed E-state index contributed by atoms with van der Waals surface area (Å²) >= 11 is 0. The lowest BCUT2D eigenvalue weighted by atomic mass is 10.2. The number of aromatic nitrogens is 1. The van der Waals surface area contributed by atoms with Crippen molar-refractivity contribution in [3.63, 3.8) is 0 Å². The van der Waals surface area contributed by atoms with Crippen molar-refractivity contribution in [1.29, 1.82) is 0 Å². The highest BCUT2D eigenvalue weighted by molar-refractivity contribution is 6.07. The Morgan fingerprint density at radius 2 is 1.45 bits per heavy atom. The third kappa shape index (κ3) is 6.11. The van der Waals surface area contributed by atoms with Crippen LogP contribution in [0.4, 0.5) is 43.5 Å². The maximum Gasteiger partial charge on any atom is 0.573 e. The van der Waals surface area contributed by atoms with Crippen LogP contribution in [0.1, 0.15) is 15.9 Å². The molecule has 0 unspecified atom stereocenters. The molecule has 5 nitrogen and oxygen atoms in total. The predicted molar refractivity (Wildman–Crippen MR) is 100 cm³/mol. The van der Waals surface area contributed by atoms with Crippen LogP contribution in [-0.2, 0) is 6.18 Å². The summed E-state index contributed by atoms with van der Waals surface area (Å²) in [7, 11) is 0. The lowest BCUT2D eigenvalue weighted by molar-refractivity contribution is -0.274. The summed E-state index contributed by atoms with van der Waals surface area (Å²) in [6.07, 6.45) is -7.93. The Morgan fingerprint density at radius 3 is 2.03 bits per heavy atom. The Labute approximate surface area is 171 Å². The highest BCUT2D eigenvalue weighted by atomic mass is 19.4. The first kappa shape index (κ1) is 21.9. The van der Waals surface area contributed by atoms with Gasteiger partial charge in [-0.1, -0.05) is 0 Å². The molecular formula is C20H13F6N3O2. The molecule has 1 aromatic heterocycles. The molecule has 0 saturated heterocycles. The number of rotatable bonds is 5. The number of carbonyl (C=O) groups is 1. The molecule has 0 fully saturated rings. The zero-order chi connectivity index (χ0) is 22.6. The van der Waals surface area contributed by atoms with Crippen molar-refractivity contribution in [3.05, 3.63) is 78.0 Å². The molecule has 1 amide bonds. The Bertz CT molecular complexity index is 1050. The van der Waals surface area contributed by atoms with E-state index in [-0.39, 0.29) is 17.1 Å². The molecule has 3 aromatic rings. The van der Waals surface area contributed by atoms with E-state index in [0.29, 0.717) is 5.69 Å². The Morgan fingerprint density at radius 1 is 0.839 bits per heavy atom. The van der Waals surface area contributed by atoms with Crippen LogP contribution in [0, 0.1) is 0 Å². The standard InChI is InChI=1S/C20H13F6N3O2/c21-19(22,23)12-3-5-14(6-4-12)29-18(30)16-2-1-11-27-17(16)28-13-7-9-15(10-8-13)31-20(24,25)26/h1-11H,(H,27,28)(H,29,30). The van der Waals surface area contributed by atoms with Gasteiger partial charge < -0.3 is 15.4 Å². The number of ether oxygens (including phenoxy) is 1. The van der Waals surface area contributed by atoms with Gasteiger partial charge in [-0.2, -0.15) is 13.2 Å². The average molecular weight is 441 g/mol. The third-order valence-corrected chi connectivity index (χ3v) is 3.87. The second-order valence-electron chi connectivity index (χ2n) is 6.13. The summed E-state index contributed by atoms with van der Waals surface area (Å²) < 4.78 is 78.4. The van der Waals surface area contributed by atoms with E-state index >= 15 is 0 Å². The number of carbonyl (C=O) groups excluding carboxylic acids is 1. The molecule has 31 heavy (non-hydrogen) atoms. The summed E-state index contributed by atoms with van der Waals surface area (Å²) in [5, 5.41) is 5.27. The number of anilines is 3. The number of benzene rings is 2. The van der Waals surface area contributed by atoms with Crippen LogP contribution in [-0.4, -0.2) is 17.3 Å². The van der Waals surface area contributed by atoms with E-state index in [0.717, 1.165) is 36.4 Å². The number of amides is 1. The minimum Gasteiger partial charge on any atom is -0.406 e. The van der Waals surface area contributed by atoms with Gasteiger partial charge in [0.05, 0.1) is 11.1 Å². The Hall–Kier alpha value is -3.76. The van der Waals surface area contributed by atoms with Gasteiger partial charge in [0.2, 0.25) is 0 Å². The zero-order valence-electron chi connectivity index (χ0n) is 15.4. The van der Waals surface area contributed by atoms with Crippen LogP contribution in [0.15, 0.2) is 66.9 Å². The third-order valence-electron chi connectivity index (χ3n) is 3.87. The number of pyridine rings is 1. The maximum atomic E-state index is 12.6. The molecule has 162 valence electrons. The van der Waals surface area contributed by atoms with Crippen molar-refractivity contribution < 1.29 is 35.9 Å². The van der Waals surface area contributed by atoms with Crippen molar-refractivity contribution in [2.45, 2.75) is 12.5 Å². The van der Waals surface area contributed by atoms with Crippen molar-refractivity contribution in [3.8, 4) is 5.75 Å². The highest BCUT2D eigenvalue weighted by Crippen LogP contribution is 2.30. The summed E-state index contributed by atoms with van der Waals surface area (Å²) in [5.41, 5.74) is -0.316. The van der Waals surface area contributed by atoms with Crippen molar-refractivity contribution >= 4 is 23.1 Å². The largest absolute Gasteiger partial charge is 0.573 e. The minimum atomic E-state index is -4.82. The van der Waals surface area contributed by atoms with Gasteiger partial charge in [0.25, 0.3) is 5.91 Å².